The van der Waals surface area contributed by atoms with Crippen LogP contribution in [0.25, 0.3) is 0 Å². The number of benzene rings is 2. The summed E-state index contributed by atoms with van der Waals surface area (Å²) in [5, 5.41) is 16.9. The van der Waals surface area contributed by atoms with Crippen LogP contribution in [0.15, 0.2) is 53.6 Å². The zero-order valence-electron chi connectivity index (χ0n) is 13.8. The van der Waals surface area contributed by atoms with Gasteiger partial charge >= 0.3 is 6.03 Å². The number of carbonyl (C=O) groups excluding carboxylic acids is 2. The number of hydrazone groups is 1. The van der Waals surface area contributed by atoms with Crippen LogP contribution in [0.3, 0.4) is 0 Å². The van der Waals surface area contributed by atoms with E-state index in [1.165, 1.54) is 18.3 Å². The number of phenolic OH excluding ortho intramolecular Hbond substituents is 1. The van der Waals surface area contributed by atoms with E-state index in [1.807, 2.05) is 0 Å². The van der Waals surface area contributed by atoms with Crippen LogP contribution in [-0.4, -0.2) is 35.4 Å². The zero-order chi connectivity index (χ0) is 18.0. The van der Waals surface area contributed by atoms with Crippen LogP contribution in [0.4, 0.5) is 4.79 Å². The molecule has 3 rings (SSSR count). The molecule has 1 atom stereocenters. The molecule has 7 heteroatoms. The van der Waals surface area contributed by atoms with E-state index in [2.05, 4.69) is 10.4 Å². The van der Waals surface area contributed by atoms with Gasteiger partial charge in [-0.25, -0.2) is 4.79 Å². The SMILES string of the molecule is COc1ccc([C@@]2(C)NC(=O)N(/N=C\c3cccc(O)c3)C2=O)cc1. The molecule has 0 spiro atoms. The van der Waals surface area contributed by atoms with E-state index >= 15 is 0 Å². The summed E-state index contributed by atoms with van der Waals surface area (Å²) in [6, 6.07) is 12.6. The Kier molecular flexibility index (Phi) is 4.14. The first-order chi connectivity index (χ1) is 11.9. The molecule has 1 aliphatic rings. The Balaban J connectivity index is 1.86. The van der Waals surface area contributed by atoms with Gasteiger partial charge in [0, 0.05) is 0 Å². The predicted molar refractivity (Wildman–Crippen MR) is 91.4 cm³/mol. The molecule has 3 amide bonds. The first kappa shape index (κ1) is 16.5. The summed E-state index contributed by atoms with van der Waals surface area (Å²) >= 11 is 0. The van der Waals surface area contributed by atoms with Gasteiger partial charge in [-0.05, 0) is 42.3 Å². The summed E-state index contributed by atoms with van der Waals surface area (Å²) in [6.07, 6.45) is 1.34. The Bertz CT molecular complexity index is 848. The number of methoxy groups -OCH3 is 1. The van der Waals surface area contributed by atoms with Crippen molar-refractivity contribution in [1.29, 1.82) is 0 Å². The summed E-state index contributed by atoms with van der Waals surface area (Å²) in [6.45, 7) is 1.62. The van der Waals surface area contributed by atoms with Crippen LogP contribution >= 0.6 is 0 Å². The van der Waals surface area contributed by atoms with Gasteiger partial charge in [0.2, 0.25) is 0 Å². The molecular formula is C18H17N3O4. The third-order valence-electron chi connectivity index (χ3n) is 4.03. The molecule has 2 N–H and O–H groups in total. The fourth-order valence-corrected chi connectivity index (χ4v) is 2.58. The Morgan fingerprint density at radius 2 is 1.92 bits per heavy atom. The summed E-state index contributed by atoms with van der Waals surface area (Å²) in [7, 11) is 1.55. The van der Waals surface area contributed by atoms with E-state index in [9.17, 15) is 14.7 Å². The van der Waals surface area contributed by atoms with E-state index < -0.39 is 17.5 Å². The standard InChI is InChI=1S/C18H17N3O4/c1-18(13-6-8-15(25-2)9-7-13)16(23)21(17(24)20-18)19-11-12-4-3-5-14(22)10-12/h3-11,22H,1-2H3,(H,20,24)/b19-11-/t18-/m1/s1. The molecule has 1 aliphatic heterocycles. The second kappa shape index (κ2) is 6.27. The highest BCUT2D eigenvalue weighted by atomic mass is 16.5. The number of imide groups is 1. The fraction of sp³-hybridized carbons (Fsp3) is 0.167. The average molecular weight is 339 g/mol. The number of rotatable bonds is 4. The average Bonchev–Trinajstić information content (AvgIpc) is 2.83. The lowest BCUT2D eigenvalue weighted by Crippen LogP contribution is -2.40. The number of urea groups is 1. The number of amides is 3. The molecule has 2 aromatic carbocycles. The maximum Gasteiger partial charge on any atom is 0.346 e. The topological polar surface area (TPSA) is 91.2 Å². The summed E-state index contributed by atoms with van der Waals surface area (Å²) in [5.74, 6) is 0.242. The normalized spacial score (nSPS) is 20.2. The molecule has 7 nitrogen and oxygen atoms in total. The molecule has 1 heterocycles. The molecule has 0 saturated carbocycles. The van der Waals surface area contributed by atoms with E-state index in [-0.39, 0.29) is 5.75 Å². The smallest absolute Gasteiger partial charge is 0.346 e. The van der Waals surface area contributed by atoms with Gasteiger partial charge in [-0.3, -0.25) is 4.79 Å². The lowest BCUT2D eigenvalue weighted by atomic mass is 9.92. The van der Waals surface area contributed by atoms with Gasteiger partial charge in [0.05, 0.1) is 13.3 Å². The van der Waals surface area contributed by atoms with Gasteiger partial charge in [-0.2, -0.15) is 5.10 Å². The van der Waals surface area contributed by atoms with E-state index in [0.717, 1.165) is 5.01 Å². The number of hydrogen-bond donors (Lipinski definition) is 2. The van der Waals surface area contributed by atoms with Crippen LogP contribution in [0, 0.1) is 0 Å². The van der Waals surface area contributed by atoms with Gasteiger partial charge in [-0.1, -0.05) is 24.3 Å². The largest absolute Gasteiger partial charge is 0.508 e. The highest BCUT2D eigenvalue weighted by Crippen LogP contribution is 2.30. The molecular weight excluding hydrogens is 322 g/mol. The van der Waals surface area contributed by atoms with Crippen molar-refractivity contribution in [2.75, 3.05) is 7.11 Å². The number of nitrogens with one attached hydrogen (secondary N) is 1. The van der Waals surface area contributed by atoms with Crippen molar-refractivity contribution >= 4 is 18.2 Å². The highest BCUT2D eigenvalue weighted by Gasteiger charge is 2.49. The molecule has 128 valence electrons. The monoisotopic (exact) mass is 339 g/mol. The second-order valence-corrected chi connectivity index (χ2v) is 5.74. The molecule has 0 unspecified atom stereocenters. The number of aromatic hydroxyl groups is 1. The maximum absolute atomic E-state index is 12.7. The summed E-state index contributed by atoms with van der Waals surface area (Å²) in [5.41, 5.74) is -0.0140. The van der Waals surface area contributed by atoms with Gasteiger partial charge in [-0.15, -0.1) is 5.01 Å². The van der Waals surface area contributed by atoms with Crippen molar-refractivity contribution in [3.05, 3.63) is 59.7 Å². The van der Waals surface area contributed by atoms with E-state index in [4.69, 9.17) is 4.74 Å². The van der Waals surface area contributed by atoms with Crippen LogP contribution in [0.2, 0.25) is 0 Å². The predicted octanol–water partition coefficient (Wildman–Crippen LogP) is 2.20. The summed E-state index contributed by atoms with van der Waals surface area (Å²) < 4.78 is 5.10. The number of carbonyl (C=O) groups is 2. The van der Waals surface area contributed by atoms with Crippen molar-refractivity contribution in [3.8, 4) is 11.5 Å². The second-order valence-electron chi connectivity index (χ2n) is 5.74. The van der Waals surface area contributed by atoms with Crippen molar-refractivity contribution in [2.45, 2.75) is 12.5 Å². The quantitative estimate of drug-likeness (QED) is 0.660. The summed E-state index contributed by atoms with van der Waals surface area (Å²) in [4.78, 5) is 24.9. The molecule has 0 radical (unpaired) electrons. The molecule has 1 saturated heterocycles. The minimum atomic E-state index is -1.21. The fourth-order valence-electron chi connectivity index (χ4n) is 2.58. The minimum Gasteiger partial charge on any atom is -0.508 e. The molecule has 0 aliphatic carbocycles. The van der Waals surface area contributed by atoms with E-state index in [1.54, 1.807) is 50.4 Å². The van der Waals surface area contributed by atoms with Gasteiger partial charge in [0.15, 0.2) is 0 Å². The van der Waals surface area contributed by atoms with Crippen LogP contribution in [0.5, 0.6) is 11.5 Å². The zero-order valence-corrected chi connectivity index (χ0v) is 13.8. The van der Waals surface area contributed by atoms with Gasteiger partial charge in [0.25, 0.3) is 5.91 Å². The number of nitrogens with zero attached hydrogens (tertiary/aromatic N) is 2. The third kappa shape index (κ3) is 3.03. The lowest BCUT2D eigenvalue weighted by Gasteiger charge is -2.21. The van der Waals surface area contributed by atoms with Crippen molar-refractivity contribution < 1.29 is 19.4 Å². The van der Waals surface area contributed by atoms with Crippen LogP contribution in [-0.2, 0) is 10.3 Å². The first-order valence-electron chi connectivity index (χ1n) is 7.58. The number of phenols is 1. The van der Waals surface area contributed by atoms with Gasteiger partial charge in [0.1, 0.15) is 17.0 Å². The third-order valence-corrected chi connectivity index (χ3v) is 4.03. The molecule has 0 aromatic heterocycles. The Labute approximate surface area is 144 Å². The van der Waals surface area contributed by atoms with Crippen LogP contribution in [0.1, 0.15) is 18.1 Å². The molecule has 25 heavy (non-hydrogen) atoms. The lowest BCUT2D eigenvalue weighted by molar-refractivity contribution is -0.131. The Hall–Kier alpha value is -3.35. The highest BCUT2D eigenvalue weighted by molar-refractivity contribution is 6.07. The Morgan fingerprint density at radius 3 is 2.56 bits per heavy atom. The van der Waals surface area contributed by atoms with Crippen LogP contribution < -0.4 is 10.1 Å². The van der Waals surface area contributed by atoms with Crippen molar-refractivity contribution in [2.24, 2.45) is 5.10 Å². The number of hydrogen-bond acceptors (Lipinski definition) is 5. The maximum atomic E-state index is 12.7. The first-order valence-corrected chi connectivity index (χ1v) is 7.58. The molecule has 0 bridgehead atoms. The van der Waals surface area contributed by atoms with Crippen molar-refractivity contribution in [3.63, 3.8) is 0 Å². The minimum absolute atomic E-state index is 0.0734. The Morgan fingerprint density at radius 1 is 1.20 bits per heavy atom. The number of ether oxygens (including phenoxy) is 1. The van der Waals surface area contributed by atoms with E-state index in [0.29, 0.717) is 16.9 Å². The molecule has 1 fully saturated rings. The van der Waals surface area contributed by atoms with Crippen molar-refractivity contribution in [1.82, 2.24) is 10.3 Å². The van der Waals surface area contributed by atoms with Gasteiger partial charge < -0.3 is 15.2 Å². The molecule has 2 aromatic rings.